The minimum absolute atomic E-state index is 0.00976. The van der Waals surface area contributed by atoms with Crippen molar-refractivity contribution in [2.45, 2.75) is 38.2 Å². The number of hydrogen-bond donors (Lipinski definition) is 0. The van der Waals surface area contributed by atoms with Crippen molar-refractivity contribution in [3.05, 3.63) is 23.8 Å². The third kappa shape index (κ3) is 4.50. The van der Waals surface area contributed by atoms with Crippen LogP contribution in [0, 0.1) is 5.92 Å². The van der Waals surface area contributed by atoms with Gasteiger partial charge < -0.3 is 24.0 Å². The van der Waals surface area contributed by atoms with Crippen molar-refractivity contribution in [2.24, 2.45) is 5.92 Å². The molecule has 0 radical (unpaired) electrons. The lowest BCUT2D eigenvalue weighted by atomic mass is 10.0. The number of hydrogen-bond acceptors (Lipinski definition) is 5. The number of nitrogens with zero attached hydrogens (tertiary/aromatic N) is 2. The molecule has 4 rings (SSSR count). The zero-order chi connectivity index (χ0) is 20.2. The maximum atomic E-state index is 12.9. The first-order valence-electron chi connectivity index (χ1n) is 10.7. The minimum Gasteiger partial charge on any atom is -0.497 e. The number of ether oxygens (including phenoxy) is 3. The van der Waals surface area contributed by atoms with Crippen molar-refractivity contribution in [1.29, 1.82) is 0 Å². The quantitative estimate of drug-likeness (QED) is 0.756. The van der Waals surface area contributed by atoms with Gasteiger partial charge in [0.1, 0.15) is 17.6 Å². The van der Waals surface area contributed by atoms with E-state index < -0.39 is 0 Å². The number of carbonyl (C=O) groups excluding carboxylic acids is 2. The Morgan fingerprint density at radius 3 is 2.45 bits per heavy atom. The van der Waals surface area contributed by atoms with Gasteiger partial charge in [0.25, 0.3) is 5.91 Å². The van der Waals surface area contributed by atoms with Crippen LogP contribution in [0.5, 0.6) is 11.5 Å². The Morgan fingerprint density at radius 2 is 1.79 bits per heavy atom. The van der Waals surface area contributed by atoms with Gasteiger partial charge in [0, 0.05) is 51.7 Å². The number of benzene rings is 1. The first kappa shape index (κ1) is 20.0. The minimum atomic E-state index is -0.0175. The molecule has 1 aromatic rings. The van der Waals surface area contributed by atoms with E-state index in [0.29, 0.717) is 43.4 Å². The molecule has 7 nitrogen and oxygen atoms in total. The Morgan fingerprint density at radius 1 is 1.03 bits per heavy atom. The first-order valence-corrected chi connectivity index (χ1v) is 10.7. The van der Waals surface area contributed by atoms with E-state index in [1.807, 2.05) is 9.80 Å². The van der Waals surface area contributed by atoms with Crippen LogP contribution in [0.25, 0.3) is 0 Å². The van der Waals surface area contributed by atoms with Gasteiger partial charge in [-0.25, -0.2) is 0 Å². The van der Waals surface area contributed by atoms with E-state index in [4.69, 9.17) is 14.2 Å². The zero-order valence-corrected chi connectivity index (χ0v) is 17.1. The van der Waals surface area contributed by atoms with Gasteiger partial charge in [0.15, 0.2) is 0 Å². The Bertz CT molecular complexity index is 733. The summed E-state index contributed by atoms with van der Waals surface area (Å²) >= 11 is 0. The van der Waals surface area contributed by atoms with Gasteiger partial charge in [-0.1, -0.05) is 0 Å². The first-order chi connectivity index (χ1) is 14.2. The molecule has 3 fully saturated rings. The van der Waals surface area contributed by atoms with Crippen molar-refractivity contribution >= 4 is 11.8 Å². The molecule has 0 aromatic heterocycles. The van der Waals surface area contributed by atoms with Crippen molar-refractivity contribution in [2.75, 3.05) is 46.5 Å². The maximum absolute atomic E-state index is 12.9. The molecule has 0 saturated carbocycles. The average molecular weight is 402 g/mol. The third-order valence-electron chi connectivity index (χ3n) is 6.14. The van der Waals surface area contributed by atoms with Crippen molar-refractivity contribution < 1.29 is 23.8 Å². The van der Waals surface area contributed by atoms with Gasteiger partial charge in [-0.3, -0.25) is 9.59 Å². The van der Waals surface area contributed by atoms with Crippen molar-refractivity contribution in [3.63, 3.8) is 0 Å². The molecule has 3 aliphatic heterocycles. The number of methoxy groups -OCH3 is 1. The maximum Gasteiger partial charge on any atom is 0.257 e. The van der Waals surface area contributed by atoms with E-state index in [1.165, 1.54) is 0 Å². The van der Waals surface area contributed by atoms with Crippen LogP contribution in [0.4, 0.5) is 0 Å². The van der Waals surface area contributed by atoms with E-state index in [0.717, 1.165) is 45.2 Å². The number of carbonyl (C=O) groups is 2. The van der Waals surface area contributed by atoms with Crippen LogP contribution < -0.4 is 9.47 Å². The molecule has 0 aliphatic carbocycles. The molecule has 3 aliphatic rings. The Kier molecular flexibility index (Phi) is 6.23. The molecule has 1 atom stereocenters. The lowest BCUT2D eigenvalue weighted by Crippen LogP contribution is -2.44. The highest BCUT2D eigenvalue weighted by atomic mass is 16.5. The fourth-order valence-electron chi connectivity index (χ4n) is 4.36. The Labute approximate surface area is 171 Å². The van der Waals surface area contributed by atoms with Gasteiger partial charge in [-0.15, -0.1) is 0 Å². The second kappa shape index (κ2) is 9.03. The molecular formula is C22H30N2O5. The van der Waals surface area contributed by atoms with E-state index in [2.05, 4.69) is 0 Å². The molecule has 1 aromatic carbocycles. The van der Waals surface area contributed by atoms with Gasteiger partial charge in [-0.05, 0) is 31.4 Å². The van der Waals surface area contributed by atoms with Gasteiger partial charge in [0.2, 0.25) is 5.91 Å². The molecule has 3 heterocycles. The largest absolute Gasteiger partial charge is 0.497 e. The van der Waals surface area contributed by atoms with Crippen molar-refractivity contribution in [1.82, 2.24) is 9.80 Å². The van der Waals surface area contributed by atoms with Crippen LogP contribution in [0.3, 0.4) is 0 Å². The van der Waals surface area contributed by atoms with Crippen LogP contribution in [0.1, 0.15) is 42.5 Å². The van der Waals surface area contributed by atoms with Crippen molar-refractivity contribution in [3.8, 4) is 11.5 Å². The van der Waals surface area contributed by atoms with Crippen LogP contribution in [0.2, 0.25) is 0 Å². The lowest BCUT2D eigenvalue weighted by Gasteiger charge is -2.34. The summed E-state index contributed by atoms with van der Waals surface area (Å²) in [5.41, 5.74) is 0.592. The summed E-state index contributed by atoms with van der Waals surface area (Å²) in [5.74, 6) is 1.49. The van der Waals surface area contributed by atoms with E-state index >= 15 is 0 Å². The second-order valence-corrected chi connectivity index (χ2v) is 8.06. The highest BCUT2D eigenvalue weighted by Gasteiger charge is 2.32. The number of amides is 2. The number of piperidine rings is 1. The molecule has 0 N–H and O–H groups in total. The Balaban J connectivity index is 1.41. The summed E-state index contributed by atoms with van der Waals surface area (Å²) in [6, 6.07) is 5.41. The van der Waals surface area contributed by atoms with Crippen LogP contribution in [-0.2, 0) is 9.53 Å². The summed E-state index contributed by atoms with van der Waals surface area (Å²) < 4.78 is 17.0. The standard InChI is InChI=1S/C22H30N2O5/c1-27-18-4-5-19(22(26)23-9-2-3-10-23)20(14-18)29-17-6-11-24(12-7-17)21(25)16-8-13-28-15-16/h4-5,14,16-17H,2-3,6-13,15H2,1H3/t16-/m0/s1. The fourth-order valence-corrected chi connectivity index (χ4v) is 4.36. The second-order valence-electron chi connectivity index (χ2n) is 8.06. The molecule has 3 saturated heterocycles. The molecular weight excluding hydrogens is 372 g/mol. The fraction of sp³-hybridized carbons (Fsp3) is 0.636. The molecule has 0 bridgehead atoms. The van der Waals surface area contributed by atoms with Gasteiger partial charge >= 0.3 is 0 Å². The summed E-state index contributed by atoms with van der Waals surface area (Å²) in [5, 5.41) is 0. The SMILES string of the molecule is COc1ccc(C(=O)N2CCCC2)c(OC2CCN(C(=O)[C@H]3CCOC3)CC2)c1. The van der Waals surface area contributed by atoms with Gasteiger partial charge in [0.05, 0.1) is 25.2 Å². The third-order valence-corrected chi connectivity index (χ3v) is 6.14. The smallest absolute Gasteiger partial charge is 0.257 e. The zero-order valence-electron chi connectivity index (χ0n) is 17.1. The van der Waals surface area contributed by atoms with Crippen LogP contribution in [-0.4, -0.2) is 74.2 Å². The number of rotatable bonds is 5. The van der Waals surface area contributed by atoms with Crippen LogP contribution in [0.15, 0.2) is 18.2 Å². The molecule has 158 valence electrons. The normalized spacial score (nSPS) is 22.7. The average Bonchev–Trinajstić information content (AvgIpc) is 3.47. The molecule has 0 unspecified atom stereocenters. The molecule has 29 heavy (non-hydrogen) atoms. The van der Waals surface area contributed by atoms with Gasteiger partial charge in [-0.2, -0.15) is 0 Å². The summed E-state index contributed by atoms with van der Waals surface area (Å²) in [7, 11) is 1.61. The highest BCUT2D eigenvalue weighted by molar-refractivity contribution is 5.97. The monoisotopic (exact) mass is 402 g/mol. The predicted octanol–water partition coefficient (Wildman–Crippen LogP) is 2.34. The number of likely N-dealkylation sites (tertiary alicyclic amines) is 2. The summed E-state index contributed by atoms with van der Waals surface area (Å²) in [4.78, 5) is 29.3. The van der Waals surface area contributed by atoms with E-state index in [1.54, 1.807) is 25.3 Å². The van der Waals surface area contributed by atoms with Crippen LogP contribution >= 0.6 is 0 Å². The molecule has 2 amide bonds. The summed E-state index contributed by atoms with van der Waals surface area (Å²) in [6.45, 7) is 4.19. The highest BCUT2D eigenvalue weighted by Crippen LogP contribution is 2.30. The van der Waals surface area contributed by atoms with E-state index in [-0.39, 0.29) is 23.8 Å². The molecule has 0 spiro atoms. The predicted molar refractivity (Wildman–Crippen MR) is 107 cm³/mol. The summed E-state index contributed by atoms with van der Waals surface area (Å²) in [6.07, 6.45) is 4.42. The Hall–Kier alpha value is -2.28. The lowest BCUT2D eigenvalue weighted by molar-refractivity contribution is -0.137. The topological polar surface area (TPSA) is 68.3 Å². The van der Waals surface area contributed by atoms with E-state index in [9.17, 15) is 9.59 Å². The molecule has 7 heteroatoms.